The molecule has 0 fully saturated rings. The minimum Gasteiger partial charge on any atom is -0.347 e. The number of anilines is 1. The first-order valence-electron chi connectivity index (χ1n) is 8.52. The van der Waals surface area contributed by atoms with E-state index in [0.717, 1.165) is 6.42 Å². The zero-order chi connectivity index (χ0) is 19.3. The highest BCUT2D eigenvalue weighted by Gasteiger charge is 2.19. The Balaban J connectivity index is 2.26. The average molecular weight is 356 g/mol. The molecule has 2 rings (SSSR count). The van der Waals surface area contributed by atoms with Gasteiger partial charge in [-0.15, -0.1) is 0 Å². The van der Waals surface area contributed by atoms with Crippen molar-refractivity contribution in [2.75, 3.05) is 5.32 Å². The monoisotopic (exact) mass is 356 g/mol. The SMILES string of the molecule is CCCn1nc(C(=O)Nc2ccccc2C(=O)NC(C)(C)C)ccc1=O. The van der Waals surface area contributed by atoms with Gasteiger partial charge in [-0.05, 0) is 45.4 Å². The number of nitrogens with one attached hydrogen (secondary N) is 2. The Labute approximate surface area is 152 Å². The number of hydrogen-bond donors (Lipinski definition) is 2. The van der Waals surface area contributed by atoms with Gasteiger partial charge in [-0.25, -0.2) is 4.68 Å². The molecule has 1 heterocycles. The van der Waals surface area contributed by atoms with E-state index in [2.05, 4.69) is 15.7 Å². The Hall–Kier alpha value is -2.96. The average Bonchev–Trinajstić information content (AvgIpc) is 2.56. The molecule has 0 aliphatic heterocycles. The molecule has 0 unspecified atom stereocenters. The van der Waals surface area contributed by atoms with Crippen LogP contribution in [0.2, 0.25) is 0 Å². The number of carbonyl (C=O) groups excluding carboxylic acids is 2. The molecule has 2 aromatic rings. The van der Waals surface area contributed by atoms with Crippen LogP contribution >= 0.6 is 0 Å². The molecule has 0 atom stereocenters. The van der Waals surface area contributed by atoms with E-state index in [4.69, 9.17) is 0 Å². The van der Waals surface area contributed by atoms with E-state index >= 15 is 0 Å². The number of benzene rings is 1. The van der Waals surface area contributed by atoms with Gasteiger partial charge >= 0.3 is 0 Å². The van der Waals surface area contributed by atoms with E-state index in [1.807, 2.05) is 27.7 Å². The third-order valence-corrected chi connectivity index (χ3v) is 3.44. The Morgan fingerprint density at radius 3 is 2.42 bits per heavy atom. The molecule has 138 valence electrons. The lowest BCUT2D eigenvalue weighted by Crippen LogP contribution is -2.40. The van der Waals surface area contributed by atoms with Crippen LogP contribution in [0.5, 0.6) is 0 Å². The molecule has 1 aromatic carbocycles. The van der Waals surface area contributed by atoms with Crippen molar-refractivity contribution in [2.24, 2.45) is 0 Å². The fourth-order valence-electron chi connectivity index (χ4n) is 2.33. The second kappa shape index (κ2) is 7.95. The second-order valence-electron chi connectivity index (χ2n) is 6.98. The maximum Gasteiger partial charge on any atom is 0.276 e. The zero-order valence-electron chi connectivity index (χ0n) is 15.5. The first-order chi connectivity index (χ1) is 12.2. The van der Waals surface area contributed by atoms with E-state index in [1.165, 1.54) is 16.8 Å². The van der Waals surface area contributed by atoms with Crippen LogP contribution in [0.4, 0.5) is 5.69 Å². The van der Waals surface area contributed by atoms with Crippen LogP contribution in [-0.4, -0.2) is 27.1 Å². The maximum atomic E-state index is 12.5. The van der Waals surface area contributed by atoms with E-state index in [1.54, 1.807) is 24.3 Å². The highest BCUT2D eigenvalue weighted by molar-refractivity contribution is 6.08. The van der Waals surface area contributed by atoms with Crippen LogP contribution in [0, 0.1) is 0 Å². The first kappa shape index (κ1) is 19.4. The third-order valence-electron chi connectivity index (χ3n) is 3.44. The molecule has 0 bridgehead atoms. The number of para-hydroxylation sites is 1. The molecule has 0 saturated heterocycles. The lowest BCUT2D eigenvalue weighted by Gasteiger charge is -2.21. The minimum atomic E-state index is -0.481. The van der Waals surface area contributed by atoms with E-state index < -0.39 is 11.4 Å². The topological polar surface area (TPSA) is 93.1 Å². The number of amides is 2. The second-order valence-corrected chi connectivity index (χ2v) is 6.98. The lowest BCUT2D eigenvalue weighted by atomic mass is 10.1. The molecule has 26 heavy (non-hydrogen) atoms. The Kier molecular flexibility index (Phi) is 5.92. The van der Waals surface area contributed by atoms with Crippen molar-refractivity contribution in [1.82, 2.24) is 15.1 Å². The molecule has 7 nitrogen and oxygen atoms in total. The van der Waals surface area contributed by atoms with Gasteiger partial charge in [-0.3, -0.25) is 14.4 Å². The zero-order valence-corrected chi connectivity index (χ0v) is 15.5. The summed E-state index contributed by atoms with van der Waals surface area (Å²) in [6.07, 6.45) is 0.730. The number of rotatable bonds is 5. The normalized spacial score (nSPS) is 11.1. The highest BCUT2D eigenvalue weighted by Crippen LogP contribution is 2.17. The predicted molar refractivity (Wildman–Crippen MR) is 100 cm³/mol. The van der Waals surface area contributed by atoms with Gasteiger partial charge in [-0.1, -0.05) is 19.1 Å². The smallest absolute Gasteiger partial charge is 0.276 e. The van der Waals surface area contributed by atoms with Crippen LogP contribution in [0.15, 0.2) is 41.2 Å². The van der Waals surface area contributed by atoms with Crippen molar-refractivity contribution in [3.05, 3.63) is 58.0 Å². The number of carbonyl (C=O) groups is 2. The summed E-state index contributed by atoms with van der Waals surface area (Å²) in [4.78, 5) is 36.7. The number of nitrogens with zero attached hydrogens (tertiary/aromatic N) is 2. The molecule has 0 radical (unpaired) electrons. The van der Waals surface area contributed by atoms with Crippen molar-refractivity contribution in [1.29, 1.82) is 0 Å². The van der Waals surface area contributed by atoms with Crippen molar-refractivity contribution >= 4 is 17.5 Å². The third kappa shape index (κ3) is 5.02. The van der Waals surface area contributed by atoms with Crippen molar-refractivity contribution in [2.45, 2.75) is 46.2 Å². The minimum absolute atomic E-state index is 0.115. The van der Waals surface area contributed by atoms with E-state index in [9.17, 15) is 14.4 Å². The van der Waals surface area contributed by atoms with Crippen LogP contribution in [-0.2, 0) is 6.54 Å². The van der Waals surface area contributed by atoms with Crippen molar-refractivity contribution in [3.8, 4) is 0 Å². The number of aromatic nitrogens is 2. The summed E-state index contributed by atoms with van der Waals surface area (Å²) in [6, 6.07) is 9.44. The molecule has 2 N–H and O–H groups in total. The summed E-state index contributed by atoms with van der Waals surface area (Å²) in [5, 5.41) is 9.66. The Morgan fingerprint density at radius 1 is 1.08 bits per heavy atom. The molecule has 0 saturated carbocycles. The summed E-state index contributed by atoms with van der Waals surface area (Å²) in [5.41, 5.74) is 0.204. The van der Waals surface area contributed by atoms with Gasteiger partial charge in [0.15, 0.2) is 0 Å². The van der Waals surface area contributed by atoms with Gasteiger partial charge in [-0.2, -0.15) is 5.10 Å². The lowest BCUT2D eigenvalue weighted by molar-refractivity contribution is 0.0920. The van der Waals surface area contributed by atoms with Crippen LogP contribution in [0.25, 0.3) is 0 Å². The Morgan fingerprint density at radius 2 is 1.77 bits per heavy atom. The van der Waals surface area contributed by atoms with Gasteiger partial charge in [0.25, 0.3) is 17.4 Å². The van der Waals surface area contributed by atoms with Gasteiger partial charge < -0.3 is 10.6 Å². The van der Waals surface area contributed by atoms with Gasteiger partial charge in [0.05, 0.1) is 11.3 Å². The molecule has 7 heteroatoms. The molecular formula is C19H24N4O3. The quantitative estimate of drug-likeness (QED) is 0.860. The summed E-state index contributed by atoms with van der Waals surface area (Å²) in [5.74, 6) is -0.761. The molecule has 2 amide bonds. The number of hydrogen-bond acceptors (Lipinski definition) is 4. The van der Waals surface area contributed by atoms with Gasteiger partial charge in [0.1, 0.15) is 5.69 Å². The highest BCUT2D eigenvalue weighted by atomic mass is 16.2. The van der Waals surface area contributed by atoms with Crippen LogP contribution < -0.4 is 16.2 Å². The maximum absolute atomic E-state index is 12.5. The molecule has 0 spiro atoms. The molecular weight excluding hydrogens is 332 g/mol. The fraction of sp³-hybridized carbons (Fsp3) is 0.368. The van der Waals surface area contributed by atoms with Gasteiger partial charge in [0.2, 0.25) is 0 Å². The van der Waals surface area contributed by atoms with Crippen LogP contribution in [0.1, 0.15) is 55.0 Å². The van der Waals surface area contributed by atoms with Gasteiger partial charge in [0, 0.05) is 18.2 Å². The fourth-order valence-corrected chi connectivity index (χ4v) is 2.33. The molecule has 0 aliphatic carbocycles. The largest absolute Gasteiger partial charge is 0.347 e. The summed E-state index contributed by atoms with van der Waals surface area (Å²) in [6.45, 7) is 8.00. The van der Waals surface area contributed by atoms with Crippen molar-refractivity contribution < 1.29 is 9.59 Å². The molecule has 0 aliphatic rings. The summed E-state index contributed by atoms with van der Waals surface area (Å²) >= 11 is 0. The summed E-state index contributed by atoms with van der Waals surface area (Å²) in [7, 11) is 0. The molecule has 1 aromatic heterocycles. The van der Waals surface area contributed by atoms with E-state index in [-0.39, 0.29) is 17.2 Å². The van der Waals surface area contributed by atoms with Crippen molar-refractivity contribution in [3.63, 3.8) is 0 Å². The predicted octanol–water partition coefficient (Wildman–Crippen LogP) is 2.43. The number of aryl methyl sites for hydroxylation is 1. The van der Waals surface area contributed by atoms with Crippen LogP contribution in [0.3, 0.4) is 0 Å². The standard InChI is InChI=1S/C19H24N4O3/c1-5-12-23-16(24)11-10-15(22-23)18(26)20-14-9-7-6-8-13(14)17(25)21-19(2,3)4/h6-11H,5,12H2,1-4H3,(H,20,26)(H,21,25). The Bertz CT molecular complexity index is 866. The first-order valence-corrected chi connectivity index (χ1v) is 8.52. The van der Waals surface area contributed by atoms with E-state index in [0.29, 0.717) is 17.8 Å². The summed E-state index contributed by atoms with van der Waals surface area (Å²) < 4.78 is 1.26.